The Bertz CT molecular complexity index is 568. The molecule has 20 heavy (non-hydrogen) atoms. The highest BCUT2D eigenvalue weighted by Gasteiger charge is 2.27. The molecule has 0 saturated heterocycles. The van der Waals surface area contributed by atoms with E-state index in [9.17, 15) is 26.4 Å². The molecule has 0 bridgehead atoms. The molecule has 114 valence electrons. The predicted molar refractivity (Wildman–Crippen MR) is 66.9 cm³/mol. The van der Waals surface area contributed by atoms with Crippen molar-refractivity contribution in [2.24, 2.45) is 5.14 Å². The van der Waals surface area contributed by atoms with Crippen LogP contribution in [0.4, 0.5) is 18.0 Å². The van der Waals surface area contributed by atoms with E-state index in [4.69, 9.17) is 5.14 Å². The molecule has 4 N–H and O–H groups in total. The number of urea groups is 1. The van der Waals surface area contributed by atoms with Crippen LogP contribution in [-0.4, -0.2) is 33.7 Å². The third-order valence-electron chi connectivity index (χ3n) is 2.02. The number of hydrogen-bond donors (Lipinski definition) is 3. The second-order valence-corrected chi connectivity index (χ2v) is 6.70. The van der Waals surface area contributed by atoms with Gasteiger partial charge < -0.3 is 10.6 Å². The van der Waals surface area contributed by atoms with Crippen LogP contribution in [0, 0.1) is 0 Å². The smallest absolute Gasteiger partial charge is 0.338 e. The molecule has 0 saturated carbocycles. The van der Waals surface area contributed by atoms with E-state index in [2.05, 4.69) is 5.32 Å². The first kappa shape index (κ1) is 16.7. The molecule has 0 aromatic carbocycles. The molecule has 11 heteroatoms. The SMILES string of the molecule is NS(=O)(=O)c1ccc(CCNC(=O)NCC(F)(F)F)s1. The number of alkyl halides is 3. The normalized spacial score (nSPS) is 12.2. The number of thiophene rings is 1. The fourth-order valence-corrected chi connectivity index (χ4v) is 2.97. The fraction of sp³-hybridized carbons (Fsp3) is 0.444. The molecule has 0 unspecified atom stereocenters. The molecule has 0 atom stereocenters. The summed E-state index contributed by atoms with van der Waals surface area (Å²) in [5.41, 5.74) is 0. The first-order valence-electron chi connectivity index (χ1n) is 5.28. The van der Waals surface area contributed by atoms with E-state index in [-0.39, 0.29) is 10.8 Å². The summed E-state index contributed by atoms with van der Waals surface area (Å²) in [5, 5.41) is 8.80. The Kier molecular flexibility index (Phi) is 5.36. The number of hydrogen-bond acceptors (Lipinski definition) is 4. The van der Waals surface area contributed by atoms with Crippen molar-refractivity contribution >= 4 is 27.4 Å². The summed E-state index contributed by atoms with van der Waals surface area (Å²) in [4.78, 5) is 11.7. The van der Waals surface area contributed by atoms with Crippen LogP contribution in [0.5, 0.6) is 0 Å². The van der Waals surface area contributed by atoms with E-state index in [0.29, 0.717) is 11.3 Å². The minimum Gasteiger partial charge on any atom is -0.338 e. The van der Waals surface area contributed by atoms with Gasteiger partial charge in [0.2, 0.25) is 10.0 Å². The predicted octanol–water partition coefficient (Wildman–Crippen LogP) is 0.799. The maximum atomic E-state index is 11.8. The van der Waals surface area contributed by atoms with Crippen LogP contribution in [0.1, 0.15) is 4.88 Å². The first-order valence-corrected chi connectivity index (χ1v) is 7.64. The highest BCUT2D eigenvalue weighted by atomic mass is 32.2. The van der Waals surface area contributed by atoms with E-state index < -0.39 is 28.8 Å². The third kappa shape index (κ3) is 6.21. The molecule has 6 nitrogen and oxygen atoms in total. The Labute approximate surface area is 117 Å². The van der Waals surface area contributed by atoms with Crippen molar-refractivity contribution in [3.63, 3.8) is 0 Å². The Hall–Kier alpha value is -1.33. The standard InChI is InChI=1S/C9H12F3N3O3S2/c10-9(11,12)5-15-8(16)14-4-3-6-1-2-7(19-6)20(13,17)18/h1-2H,3-5H2,(H2,13,17,18)(H2,14,15,16). The van der Waals surface area contributed by atoms with Crippen LogP contribution >= 0.6 is 11.3 Å². The summed E-state index contributed by atoms with van der Waals surface area (Å²) in [6.45, 7) is -1.33. The van der Waals surface area contributed by atoms with Gasteiger partial charge in [-0.25, -0.2) is 18.4 Å². The Balaban J connectivity index is 2.34. The van der Waals surface area contributed by atoms with Crippen molar-refractivity contribution in [2.75, 3.05) is 13.1 Å². The minimum atomic E-state index is -4.46. The maximum absolute atomic E-state index is 11.8. The molecular formula is C9H12F3N3O3S2. The quantitative estimate of drug-likeness (QED) is 0.744. The zero-order valence-electron chi connectivity index (χ0n) is 10.0. The van der Waals surface area contributed by atoms with E-state index in [1.54, 1.807) is 5.32 Å². The number of primary sulfonamides is 1. The van der Waals surface area contributed by atoms with E-state index in [1.807, 2.05) is 0 Å². The van der Waals surface area contributed by atoms with Crippen molar-refractivity contribution in [1.82, 2.24) is 10.6 Å². The van der Waals surface area contributed by atoms with E-state index >= 15 is 0 Å². The Morgan fingerprint density at radius 3 is 2.45 bits per heavy atom. The summed E-state index contributed by atoms with van der Waals surface area (Å²) < 4.78 is 57.4. The molecule has 1 aromatic heterocycles. The van der Waals surface area contributed by atoms with Crippen molar-refractivity contribution < 1.29 is 26.4 Å². The topological polar surface area (TPSA) is 101 Å². The average Bonchev–Trinajstić information content (AvgIpc) is 2.74. The number of carbonyl (C=O) groups excluding carboxylic acids is 1. The lowest BCUT2D eigenvalue weighted by Gasteiger charge is -2.09. The second-order valence-electron chi connectivity index (χ2n) is 3.74. The number of halogens is 3. The lowest BCUT2D eigenvalue weighted by atomic mass is 10.3. The molecule has 0 aliphatic carbocycles. The Morgan fingerprint density at radius 2 is 1.95 bits per heavy atom. The van der Waals surface area contributed by atoms with Crippen molar-refractivity contribution in [2.45, 2.75) is 16.8 Å². The highest BCUT2D eigenvalue weighted by molar-refractivity contribution is 7.91. The van der Waals surface area contributed by atoms with Gasteiger partial charge in [-0.1, -0.05) is 0 Å². The van der Waals surface area contributed by atoms with Crippen LogP contribution in [0.15, 0.2) is 16.3 Å². The van der Waals surface area contributed by atoms with Gasteiger partial charge in [0.1, 0.15) is 10.8 Å². The summed E-state index contributed by atoms with van der Waals surface area (Å²) in [5.74, 6) is 0. The second kappa shape index (κ2) is 6.41. The molecule has 0 spiro atoms. The number of nitrogens with two attached hydrogens (primary N) is 1. The van der Waals surface area contributed by atoms with E-state index in [0.717, 1.165) is 11.3 Å². The maximum Gasteiger partial charge on any atom is 0.405 e. The minimum absolute atomic E-state index is 0.00553. The van der Waals surface area contributed by atoms with Crippen molar-refractivity contribution in [3.8, 4) is 0 Å². The van der Waals surface area contributed by atoms with Gasteiger partial charge in [0, 0.05) is 11.4 Å². The number of rotatable bonds is 5. The van der Waals surface area contributed by atoms with E-state index in [1.165, 1.54) is 12.1 Å². The summed E-state index contributed by atoms with van der Waals surface area (Å²) in [6.07, 6.45) is -4.17. The Morgan fingerprint density at radius 1 is 1.30 bits per heavy atom. The highest BCUT2D eigenvalue weighted by Crippen LogP contribution is 2.20. The fourth-order valence-electron chi connectivity index (χ4n) is 1.19. The zero-order valence-corrected chi connectivity index (χ0v) is 11.7. The van der Waals surface area contributed by atoms with Crippen LogP contribution in [0.3, 0.4) is 0 Å². The molecule has 1 aromatic rings. The molecule has 0 aliphatic rings. The van der Waals surface area contributed by atoms with Crippen molar-refractivity contribution in [3.05, 3.63) is 17.0 Å². The van der Waals surface area contributed by atoms with Gasteiger partial charge in [0.05, 0.1) is 0 Å². The van der Waals surface area contributed by atoms with Crippen LogP contribution in [-0.2, 0) is 16.4 Å². The number of carbonyl (C=O) groups is 1. The zero-order chi connectivity index (χ0) is 15.4. The molecule has 0 fully saturated rings. The number of amides is 2. The summed E-state index contributed by atoms with van der Waals surface area (Å²) >= 11 is 0.944. The molecule has 1 heterocycles. The summed E-state index contributed by atoms with van der Waals surface area (Å²) in [7, 11) is -3.75. The molecule has 0 aliphatic heterocycles. The van der Waals surface area contributed by atoms with Gasteiger partial charge >= 0.3 is 12.2 Å². The van der Waals surface area contributed by atoms with Crippen LogP contribution in [0.25, 0.3) is 0 Å². The number of sulfonamides is 1. The third-order valence-corrected chi connectivity index (χ3v) is 4.61. The van der Waals surface area contributed by atoms with Gasteiger partial charge in [-0.3, -0.25) is 0 Å². The first-order chi connectivity index (χ1) is 9.08. The van der Waals surface area contributed by atoms with Crippen LogP contribution in [0.2, 0.25) is 0 Å². The lowest BCUT2D eigenvalue weighted by Crippen LogP contribution is -2.41. The largest absolute Gasteiger partial charge is 0.405 e. The average molecular weight is 331 g/mol. The van der Waals surface area contributed by atoms with Gasteiger partial charge in [-0.05, 0) is 18.6 Å². The molecule has 1 rings (SSSR count). The van der Waals surface area contributed by atoms with Gasteiger partial charge in [-0.2, -0.15) is 13.2 Å². The van der Waals surface area contributed by atoms with Gasteiger partial charge in [0.25, 0.3) is 0 Å². The molecule has 0 radical (unpaired) electrons. The monoisotopic (exact) mass is 331 g/mol. The van der Waals surface area contributed by atoms with Crippen molar-refractivity contribution in [1.29, 1.82) is 0 Å². The van der Waals surface area contributed by atoms with Gasteiger partial charge in [0.15, 0.2) is 0 Å². The lowest BCUT2D eigenvalue weighted by molar-refractivity contribution is -0.122. The summed E-state index contributed by atoms with van der Waals surface area (Å²) in [6, 6.07) is 1.92. The molecule has 2 amide bonds. The van der Waals surface area contributed by atoms with Crippen LogP contribution < -0.4 is 15.8 Å². The van der Waals surface area contributed by atoms with Gasteiger partial charge in [-0.15, -0.1) is 11.3 Å². The number of nitrogens with one attached hydrogen (secondary N) is 2. The molecular weight excluding hydrogens is 319 g/mol.